The van der Waals surface area contributed by atoms with Crippen LogP contribution in [0.2, 0.25) is 0 Å². The Hall–Kier alpha value is -2.55. The highest BCUT2D eigenvalue weighted by atomic mass is 19.2. The molecule has 2 atom stereocenters. The van der Waals surface area contributed by atoms with Crippen LogP contribution in [0.15, 0.2) is 22.7 Å². The number of benzene rings is 1. The summed E-state index contributed by atoms with van der Waals surface area (Å²) in [7, 11) is 0. The molecule has 6 nitrogen and oxygen atoms in total. The van der Waals surface area contributed by atoms with Crippen molar-refractivity contribution in [1.29, 1.82) is 0 Å². The maximum Gasteiger partial charge on any atom is 0.206 e. The van der Waals surface area contributed by atoms with Gasteiger partial charge in [0.2, 0.25) is 5.95 Å². The van der Waals surface area contributed by atoms with E-state index in [0.717, 1.165) is 12.1 Å². The van der Waals surface area contributed by atoms with Crippen molar-refractivity contribution in [3.8, 4) is 0 Å². The van der Waals surface area contributed by atoms with Gasteiger partial charge in [-0.25, -0.2) is 18.2 Å². The number of alkyl halides is 1. The van der Waals surface area contributed by atoms with E-state index < -0.39 is 23.8 Å². The molecule has 0 bridgehead atoms. The van der Waals surface area contributed by atoms with Gasteiger partial charge >= 0.3 is 0 Å². The van der Waals surface area contributed by atoms with E-state index in [1.807, 2.05) is 4.90 Å². The van der Waals surface area contributed by atoms with E-state index in [-0.39, 0.29) is 19.5 Å². The number of anilines is 1. The maximum atomic E-state index is 13.8. The van der Waals surface area contributed by atoms with Gasteiger partial charge in [-0.05, 0) is 13.3 Å². The largest absolute Gasteiger partial charge is 0.361 e. The lowest BCUT2D eigenvalue weighted by molar-refractivity contribution is 0.243. The van der Waals surface area contributed by atoms with Crippen molar-refractivity contribution in [1.82, 2.24) is 14.7 Å². The minimum absolute atomic E-state index is 0.263. The molecule has 3 aromatic rings. The van der Waals surface area contributed by atoms with Crippen molar-refractivity contribution < 1.29 is 17.7 Å². The van der Waals surface area contributed by atoms with Gasteiger partial charge in [-0.1, -0.05) is 5.16 Å². The van der Waals surface area contributed by atoms with Gasteiger partial charge in [-0.3, -0.25) is 0 Å². The van der Waals surface area contributed by atoms with E-state index in [1.165, 1.54) is 0 Å². The van der Waals surface area contributed by atoms with Crippen LogP contribution >= 0.6 is 0 Å². The molecule has 9 heteroatoms. The lowest BCUT2D eigenvalue weighted by Crippen LogP contribution is -2.50. The van der Waals surface area contributed by atoms with Crippen molar-refractivity contribution in [2.75, 3.05) is 18.0 Å². The second-order valence-electron chi connectivity index (χ2n) is 6.60. The number of fused-ring (bicyclic) bond motifs is 1. The summed E-state index contributed by atoms with van der Waals surface area (Å²) in [6, 6.07) is 3.28. The number of piperidine rings is 1. The Kier molecular flexibility index (Phi) is 4.10. The first-order chi connectivity index (χ1) is 12.4. The lowest BCUT2D eigenvalue weighted by atomic mass is 10.1. The fourth-order valence-electron chi connectivity index (χ4n) is 3.29. The molecule has 0 spiro atoms. The number of aryl methyl sites for hydroxylation is 1. The molecular weight excluding hydrogens is 347 g/mol. The van der Waals surface area contributed by atoms with Gasteiger partial charge in [0.1, 0.15) is 17.6 Å². The fourth-order valence-corrected chi connectivity index (χ4v) is 3.29. The molecule has 0 aliphatic carbocycles. The molecule has 1 saturated heterocycles. The van der Waals surface area contributed by atoms with Gasteiger partial charge in [-0.2, -0.15) is 0 Å². The first kappa shape index (κ1) is 16.9. The fraction of sp³-hybridized carbons (Fsp3) is 0.412. The van der Waals surface area contributed by atoms with Crippen LogP contribution in [-0.2, 0) is 6.54 Å². The van der Waals surface area contributed by atoms with E-state index in [2.05, 4.69) is 10.1 Å². The molecule has 4 rings (SSSR count). The summed E-state index contributed by atoms with van der Waals surface area (Å²) in [4.78, 5) is 6.28. The van der Waals surface area contributed by atoms with E-state index in [1.54, 1.807) is 17.6 Å². The van der Waals surface area contributed by atoms with Crippen LogP contribution in [0.4, 0.5) is 19.1 Å². The van der Waals surface area contributed by atoms with Gasteiger partial charge in [0, 0.05) is 31.3 Å². The number of halogens is 3. The Bertz CT molecular complexity index is 953. The van der Waals surface area contributed by atoms with Crippen LogP contribution in [0, 0.1) is 18.6 Å². The molecule has 0 saturated carbocycles. The normalized spacial score (nSPS) is 20.9. The molecule has 0 amide bonds. The molecule has 2 aromatic heterocycles. The van der Waals surface area contributed by atoms with Crippen LogP contribution in [0.1, 0.15) is 17.9 Å². The van der Waals surface area contributed by atoms with Gasteiger partial charge in [0.05, 0.1) is 23.6 Å². The number of hydrogen-bond donors (Lipinski definition) is 1. The van der Waals surface area contributed by atoms with Gasteiger partial charge < -0.3 is 19.7 Å². The molecule has 2 N–H and O–H groups in total. The van der Waals surface area contributed by atoms with Gasteiger partial charge in [0.15, 0.2) is 11.6 Å². The Balaban J connectivity index is 1.81. The van der Waals surface area contributed by atoms with E-state index in [0.29, 0.717) is 35.0 Å². The first-order valence-corrected chi connectivity index (χ1v) is 8.34. The topological polar surface area (TPSA) is 73.1 Å². The third kappa shape index (κ3) is 2.92. The van der Waals surface area contributed by atoms with E-state index in [4.69, 9.17) is 10.3 Å². The molecule has 138 valence electrons. The first-order valence-electron chi connectivity index (χ1n) is 8.34. The molecule has 2 unspecified atom stereocenters. The summed E-state index contributed by atoms with van der Waals surface area (Å²) in [6.45, 7) is 2.72. The minimum atomic E-state index is -1.07. The molecule has 3 heterocycles. The maximum absolute atomic E-state index is 13.8. The van der Waals surface area contributed by atoms with E-state index >= 15 is 0 Å². The summed E-state index contributed by atoms with van der Waals surface area (Å²) in [5.74, 6) is -0.803. The third-order valence-electron chi connectivity index (χ3n) is 4.62. The highest BCUT2D eigenvalue weighted by Gasteiger charge is 2.29. The zero-order valence-electron chi connectivity index (χ0n) is 14.1. The van der Waals surface area contributed by atoms with E-state index in [9.17, 15) is 13.2 Å². The van der Waals surface area contributed by atoms with Crippen LogP contribution in [-0.4, -0.2) is 40.0 Å². The second kappa shape index (κ2) is 6.31. The Labute approximate surface area is 147 Å². The van der Waals surface area contributed by atoms with Gasteiger partial charge in [-0.15, -0.1) is 0 Å². The second-order valence-corrected chi connectivity index (χ2v) is 6.60. The molecular formula is C17H18F3N5O. The van der Waals surface area contributed by atoms with Crippen molar-refractivity contribution in [3.63, 3.8) is 0 Å². The average molecular weight is 365 g/mol. The predicted octanol–water partition coefficient (Wildman–Crippen LogP) is 2.53. The summed E-state index contributed by atoms with van der Waals surface area (Å²) in [5, 5.41) is 3.96. The number of aromatic nitrogens is 3. The number of rotatable bonds is 3. The highest BCUT2D eigenvalue weighted by Crippen LogP contribution is 2.28. The molecule has 1 aromatic carbocycles. The van der Waals surface area contributed by atoms with Crippen molar-refractivity contribution in [2.24, 2.45) is 5.73 Å². The van der Waals surface area contributed by atoms with Crippen LogP contribution in [0.25, 0.3) is 11.0 Å². The Morgan fingerprint density at radius 1 is 1.27 bits per heavy atom. The Morgan fingerprint density at radius 3 is 2.73 bits per heavy atom. The predicted molar refractivity (Wildman–Crippen MR) is 89.7 cm³/mol. The number of hydrogen-bond acceptors (Lipinski definition) is 5. The Morgan fingerprint density at radius 2 is 2.04 bits per heavy atom. The zero-order chi connectivity index (χ0) is 18.4. The zero-order valence-corrected chi connectivity index (χ0v) is 14.1. The van der Waals surface area contributed by atoms with Crippen molar-refractivity contribution in [3.05, 3.63) is 41.3 Å². The van der Waals surface area contributed by atoms with Crippen molar-refractivity contribution in [2.45, 2.75) is 32.1 Å². The van der Waals surface area contributed by atoms with Crippen LogP contribution in [0.3, 0.4) is 0 Å². The molecule has 0 radical (unpaired) electrons. The quantitative estimate of drug-likeness (QED) is 0.772. The standard InChI is InChI=1S/C17H18F3N5O/c1-9-4-10(23-26-9)7-25-16-6-13(20)12(19)5-15(16)22-17(25)24-3-2-11(18)14(21)8-24/h4-6,11,14H,2-3,7-8,21H2,1H3. The third-order valence-corrected chi connectivity index (χ3v) is 4.62. The molecule has 1 aliphatic heterocycles. The number of nitrogens with zero attached hydrogens (tertiary/aromatic N) is 4. The highest BCUT2D eigenvalue weighted by molar-refractivity contribution is 5.79. The minimum Gasteiger partial charge on any atom is -0.361 e. The van der Waals surface area contributed by atoms with Crippen molar-refractivity contribution >= 4 is 17.0 Å². The molecule has 26 heavy (non-hydrogen) atoms. The average Bonchev–Trinajstić information content (AvgIpc) is 3.15. The summed E-state index contributed by atoms with van der Waals surface area (Å²) in [6.07, 6.45) is -0.798. The van der Waals surface area contributed by atoms with Gasteiger partial charge in [0.25, 0.3) is 0 Å². The number of imidazole rings is 1. The monoisotopic (exact) mass is 365 g/mol. The summed E-state index contributed by atoms with van der Waals surface area (Å²) < 4.78 is 48.0. The van der Waals surface area contributed by atoms with Crippen LogP contribution < -0.4 is 10.6 Å². The lowest BCUT2D eigenvalue weighted by Gasteiger charge is -2.34. The smallest absolute Gasteiger partial charge is 0.206 e. The SMILES string of the molecule is Cc1cc(Cn2c(N3CCC(F)C(N)C3)nc3cc(F)c(F)cc32)no1. The summed E-state index contributed by atoms with van der Waals surface area (Å²) >= 11 is 0. The molecule has 1 aliphatic rings. The summed E-state index contributed by atoms with van der Waals surface area (Å²) in [5.41, 5.74) is 7.22. The van der Waals surface area contributed by atoms with Crippen LogP contribution in [0.5, 0.6) is 0 Å². The molecule has 1 fully saturated rings. The number of nitrogens with two attached hydrogens (primary N) is 1.